The molecule has 1 amide bonds. The van der Waals surface area contributed by atoms with E-state index in [1.807, 2.05) is 56.6 Å². The Kier molecular flexibility index (Phi) is 7.04. The van der Waals surface area contributed by atoms with Crippen molar-refractivity contribution in [2.24, 2.45) is 0 Å². The Morgan fingerprint density at radius 2 is 2.00 bits per heavy atom. The molecule has 1 unspecified atom stereocenters. The van der Waals surface area contributed by atoms with Crippen LogP contribution in [-0.4, -0.2) is 38.6 Å². The van der Waals surface area contributed by atoms with Gasteiger partial charge in [-0.1, -0.05) is 41.9 Å². The van der Waals surface area contributed by atoms with Gasteiger partial charge < -0.3 is 15.0 Å². The highest BCUT2D eigenvalue weighted by Gasteiger charge is 2.18. The van der Waals surface area contributed by atoms with Crippen LogP contribution in [0.3, 0.4) is 0 Å². The minimum absolute atomic E-state index is 0.0136. The van der Waals surface area contributed by atoms with Gasteiger partial charge in [0, 0.05) is 23.2 Å². The van der Waals surface area contributed by atoms with Crippen molar-refractivity contribution in [2.75, 3.05) is 27.7 Å². The first-order chi connectivity index (χ1) is 12.0. The fourth-order valence-electron chi connectivity index (χ4n) is 2.55. The largest absolute Gasteiger partial charge is 0.496 e. The zero-order valence-electron chi connectivity index (χ0n) is 14.7. The molecule has 25 heavy (non-hydrogen) atoms. The Bertz CT molecular complexity index is 744. The minimum Gasteiger partial charge on any atom is -0.496 e. The first kappa shape index (κ1) is 19.0. The molecule has 0 fully saturated rings. The molecule has 0 spiro atoms. The molecule has 2 rings (SSSR count). The number of hydrogen-bond donors (Lipinski definition) is 1. The van der Waals surface area contributed by atoms with Crippen LogP contribution >= 0.6 is 11.6 Å². The van der Waals surface area contributed by atoms with E-state index >= 15 is 0 Å². The number of nitrogens with one attached hydrogen (secondary N) is 1. The molecule has 0 heterocycles. The van der Waals surface area contributed by atoms with Crippen molar-refractivity contribution in [1.29, 1.82) is 0 Å². The number of halogens is 1. The molecule has 5 heteroatoms. The van der Waals surface area contributed by atoms with E-state index in [9.17, 15) is 4.79 Å². The summed E-state index contributed by atoms with van der Waals surface area (Å²) in [7, 11) is 5.61. The van der Waals surface area contributed by atoms with Gasteiger partial charge in [-0.3, -0.25) is 4.79 Å². The number of likely N-dealkylation sites (N-methyl/N-ethyl adjacent to an activating group) is 1. The van der Waals surface area contributed by atoms with Gasteiger partial charge in [-0.05, 0) is 43.9 Å². The average molecular weight is 359 g/mol. The zero-order chi connectivity index (χ0) is 18.2. The second-order valence-corrected chi connectivity index (χ2v) is 6.29. The van der Waals surface area contributed by atoms with Crippen molar-refractivity contribution in [3.8, 4) is 5.75 Å². The van der Waals surface area contributed by atoms with Gasteiger partial charge in [0.15, 0.2) is 0 Å². The van der Waals surface area contributed by atoms with Gasteiger partial charge in [0.25, 0.3) is 0 Å². The van der Waals surface area contributed by atoms with Crippen LogP contribution in [0.15, 0.2) is 54.6 Å². The zero-order valence-corrected chi connectivity index (χ0v) is 15.5. The maximum absolute atomic E-state index is 12.1. The summed E-state index contributed by atoms with van der Waals surface area (Å²) in [6.45, 7) is 0.478. The second kappa shape index (κ2) is 9.25. The van der Waals surface area contributed by atoms with Gasteiger partial charge in [0.05, 0.1) is 13.2 Å². The lowest BCUT2D eigenvalue weighted by atomic mass is 10.0. The van der Waals surface area contributed by atoms with Crippen LogP contribution in [0.2, 0.25) is 5.02 Å². The van der Waals surface area contributed by atoms with E-state index in [4.69, 9.17) is 16.3 Å². The van der Waals surface area contributed by atoms with Crippen LogP contribution in [0.25, 0.3) is 6.08 Å². The van der Waals surface area contributed by atoms with Gasteiger partial charge >= 0.3 is 0 Å². The lowest BCUT2D eigenvalue weighted by Crippen LogP contribution is -2.33. The summed E-state index contributed by atoms with van der Waals surface area (Å²) in [4.78, 5) is 14.2. The Morgan fingerprint density at radius 1 is 1.24 bits per heavy atom. The third kappa shape index (κ3) is 5.62. The molecule has 0 saturated heterocycles. The highest BCUT2D eigenvalue weighted by molar-refractivity contribution is 6.30. The first-order valence-electron chi connectivity index (χ1n) is 8.02. The van der Waals surface area contributed by atoms with E-state index in [-0.39, 0.29) is 11.9 Å². The molecule has 2 aromatic rings. The van der Waals surface area contributed by atoms with Crippen molar-refractivity contribution in [3.63, 3.8) is 0 Å². The lowest BCUT2D eigenvalue weighted by Gasteiger charge is -2.26. The highest BCUT2D eigenvalue weighted by Crippen LogP contribution is 2.27. The summed E-state index contributed by atoms with van der Waals surface area (Å²) in [6.07, 6.45) is 3.26. The fraction of sp³-hybridized carbons (Fsp3) is 0.250. The summed E-state index contributed by atoms with van der Waals surface area (Å²) in [5, 5.41) is 3.59. The summed E-state index contributed by atoms with van der Waals surface area (Å²) in [6, 6.07) is 15.2. The van der Waals surface area contributed by atoms with Gasteiger partial charge in [-0.15, -0.1) is 0 Å². The lowest BCUT2D eigenvalue weighted by molar-refractivity contribution is -0.116. The Hall–Kier alpha value is -2.30. The van der Waals surface area contributed by atoms with Crippen molar-refractivity contribution < 1.29 is 9.53 Å². The van der Waals surface area contributed by atoms with E-state index in [0.29, 0.717) is 11.6 Å². The van der Waals surface area contributed by atoms with Gasteiger partial charge in [0.2, 0.25) is 5.91 Å². The molecule has 0 saturated carbocycles. The molecular formula is C20H23ClN2O2. The van der Waals surface area contributed by atoms with E-state index < -0.39 is 0 Å². The second-order valence-electron chi connectivity index (χ2n) is 5.85. The molecule has 0 aromatic heterocycles. The number of carbonyl (C=O) groups excluding carboxylic acids is 1. The molecule has 0 aliphatic rings. The molecule has 0 bridgehead atoms. The molecule has 2 aromatic carbocycles. The topological polar surface area (TPSA) is 41.6 Å². The van der Waals surface area contributed by atoms with Crippen molar-refractivity contribution in [3.05, 3.63) is 70.8 Å². The molecule has 0 aliphatic heterocycles. The quantitative estimate of drug-likeness (QED) is 0.766. The van der Waals surface area contributed by atoms with Crippen molar-refractivity contribution >= 4 is 23.6 Å². The molecule has 0 aliphatic carbocycles. The van der Waals surface area contributed by atoms with E-state index in [1.165, 1.54) is 6.08 Å². The van der Waals surface area contributed by atoms with Crippen LogP contribution in [0.5, 0.6) is 5.75 Å². The Morgan fingerprint density at radius 3 is 2.68 bits per heavy atom. The van der Waals surface area contributed by atoms with Gasteiger partial charge in [0.1, 0.15) is 5.75 Å². The SMILES string of the molecule is COc1ccccc1C(CNC(=O)/C=C/c1cccc(Cl)c1)N(C)C. The number of para-hydroxylation sites is 1. The highest BCUT2D eigenvalue weighted by atomic mass is 35.5. The van der Waals surface area contributed by atoms with Gasteiger partial charge in [-0.25, -0.2) is 0 Å². The fourth-order valence-corrected chi connectivity index (χ4v) is 2.75. The van der Waals surface area contributed by atoms with Crippen LogP contribution in [-0.2, 0) is 4.79 Å². The standard InChI is InChI=1S/C20H23ClN2O2/c1-23(2)18(17-9-4-5-10-19(17)25-3)14-22-20(24)12-11-15-7-6-8-16(21)13-15/h4-13,18H,14H2,1-3H3,(H,22,24)/b12-11+. The minimum atomic E-state index is -0.151. The number of methoxy groups -OCH3 is 1. The summed E-state index contributed by atoms with van der Waals surface area (Å²) < 4.78 is 5.43. The maximum atomic E-state index is 12.1. The van der Waals surface area contributed by atoms with E-state index in [1.54, 1.807) is 19.3 Å². The van der Waals surface area contributed by atoms with Crippen molar-refractivity contribution in [1.82, 2.24) is 10.2 Å². The number of hydrogen-bond acceptors (Lipinski definition) is 3. The summed E-state index contributed by atoms with van der Waals surface area (Å²) in [5.41, 5.74) is 1.92. The Balaban J connectivity index is 2.02. The maximum Gasteiger partial charge on any atom is 0.244 e. The first-order valence-corrected chi connectivity index (χ1v) is 8.40. The Labute approximate surface area is 154 Å². The third-order valence-corrected chi connectivity index (χ3v) is 4.10. The van der Waals surface area contributed by atoms with Crippen LogP contribution in [0.4, 0.5) is 0 Å². The smallest absolute Gasteiger partial charge is 0.244 e. The van der Waals surface area contributed by atoms with Crippen molar-refractivity contribution in [2.45, 2.75) is 6.04 Å². The third-order valence-electron chi connectivity index (χ3n) is 3.87. The number of ether oxygens (including phenoxy) is 1. The monoisotopic (exact) mass is 358 g/mol. The summed E-state index contributed by atoms with van der Waals surface area (Å²) >= 11 is 5.94. The predicted molar refractivity (Wildman–Crippen MR) is 103 cm³/mol. The van der Waals surface area contributed by atoms with Crippen LogP contribution in [0.1, 0.15) is 17.2 Å². The van der Waals surface area contributed by atoms with Crippen LogP contribution < -0.4 is 10.1 Å². The van der Waals surface area contributed by atoms with E-state index in [0.717, 1.165) is 16.9 Å². The predicted octanol–water partition coefficient (Wildman–Crippen LogP) is 3.78. The summed E-state index contributed by atoms with van der Waals surface area (Å²) in [5.74, 6) is 0.659. The molecule has 4 nitrogen and oxygen atoms in total. The molecular weight excluding hydrogens is 336 g/mol. The number of amides is 1. The van der Waals surface area contributed by atoms with Crippen LogP contribution in [0, 0.1) is 0 Å². The average Bonchev–Trinajstić information content (AvgIpc) is 2.60. The molecule has 1 N–H and O–H groups in total. The number of carbonyl (C=O) groups is 1. The number of benzene rings is 2. The van der Waals surface area contributed by atoms with Gasteiger partial charge in [-0.2, -0.15) is 0 Å². The molecule has 1 atom stereocenters. The number of rotatable bonds is 7. The molecule has 0 radical (unpaired) electrons. The van der Waals surface area contributed by atoms with E-state index in [2.05, 4.69) is 10.2 Å². The molecule has 132 valence electrons. The number of nitrogens with zero attached hydrogens (tertiary/aromatic N) is 1. The normalized spacial score (nSPS) is 12.4.